The lowest BCUT2D eigenvalue weighted by Crippen LogP contribution is -2.23. The maximum atomic E-state index is 13.0. The van der Waals surface area contributed by atoms with Gasteiger partial charge in [0, 0.05) is 13.1 Å². The van der Waals surface area contributed by atoms with Gasteiger partial charge >= 0.3 is 0 Å². The highest BCUT2D eigenvalue weighted by atomic mass is 32.2. The fraction of sp³-hybridized carbons (Fsp3) is 0.143. The van der Waals surface area contributed by atoms with Gasteiger partial charge in [-0.3, -0.25) is 0 Å². The van der Waals surface area contributed by atoms with Gasteiger partial charge < -0.3 is 5.73 Å². The van der Waals surface area contributed by atoms with Crippen molar-refractivity contribution in [2.24, 2.45) is 5.73 Å². The number of hydrogen-bond acceptors (Lipinski definition) is 3. The Kier molecular flexibility index (Phi) is 4.49. The summed E-state index contributed by atoms with van der Waals surface area (Å²) in [7, 11) is -3.63. The second-order valence-corrected chi connectivity index (χ2v) is 6.07. The Bertz CT molecular complexity index is 702. The highest BCUT2D eigenvalue weighted by Crippen LogP contribution is 2.12. The zero-order valence-corrected chi connectivity index (χ0v) is 11.5. The molecule has 6 heteroatoms. The van der Waals surface area contributed by atoms with Gasteiger partial charge in [-0.05, 0) is 35.4 Å². The second kappa shape index (κ2) is 6.13. The van der Waals surface area contributed by atoms with E-state index in [-0.39, 0.29) is 18.0 Å². The average molecular weight is 294 g/mol. The Balaban J connectivity index is 2.15. The quantitative estimate of drug-likeness (QED) is 0.882. The topological polar surface area (TPSA) is 72.2 Å². The average Bonchev–Trinajstić information content (AvgIpc) is 2.45. The number of rotatable bonds is 5. The third-order valence-electron chi connectivity index (χ3n) is 2.80. The van der Waals surface area contributed by atoms with Crippen LogP contribution in [0.15, 0.2) is 53.4 Å². The van der Waals surface area contributed by atoms with E-state index in [1.807, 2.05) is 0 Å². The molecular weight excluding hydrogens is 279 g/mol. The first-order chi connectivity index (χ1) is 9.51. The first-order valence-corrected chi connectivity index (χ1v) is 7.53. The minimum atomic E-state index is -3.63. The molecule has 106 valence electrons. The fourth-order valence-electron chi connectivity index (χ4n) is 1.75. The van der Waals surface area contributed by atoms with Gasteiger partial charge in [-0.2, -0.15) is 0 Å². The molecule has 0 aromatic heterocycles. The van der Waals surface area contributed by atoms with Gasteiger partial charge in [0.05, 0.1) is 4.90 Å². The van der Waals surface area contributed by atoms with E-state index in [9.17, 15) is 12.8 Å². The monoisotopic (exact) mass is 294 g/mol. The lowest BCUT2D eigenvalue weighted by molar-refractivity contribution is 0.580. The minimum absolute atomic E-state index is 0.0347. The fourth-order valence-corrected chi connectivity index (χ4v) is 2.84. The van der Waals surface area contributed by atoms with Crippen LogP contribution in [0.3, 0.4) is 0 Å². The maximum absolute atomic E-state index is 13.0. The smallest absolute Gasteiger partial charge is 0.240 e. The van der Waals surface area contributed by atoms with Crippen LogP contribution in [0.2, 0.25) is 0 Å². The molecule has 0 unspecified atom stereocenters. The molecule has 0 aliphatic carbocycles. The van der Waals surface area contributed by atoms with Crippen molar-refractivity contribution >= 4 is 10.0 Å². The lowest BCUT2D eigenvalue weighted by Gasteiger charge is -2.08. The van der Waals surface area contributed by atoms with Crippen LogP contribution in [0.1, 0.15) is 11.1 Å². The number of hydrogen-bond donors (Lipinski definition) is 2. The summed E-state index contributed by atoms with van der Waals surface area (Å²) < 4.78 is 39.7. The molecule has 0 saturated carbocycles. The molecule has 4 nitrogen and oxygen atoms in total. The van der Waals surface area contributed by atoms with Crippen LogP contribution >= 0.6 is 0 Å². The Labute approximate surface area is 117 Å². The lowest BCUT2D eigenvalue weighted by atomic mass is 10.2. The molecule has 20 heavy (non-hydrogen) atoms. The van der Waals surface area contributed by atoms with Gasteiger partial charge in [0.2, 0.25) is 10.0 Å². The van der Waals surface area contributed by atoms with Crippen LogP contribution in [0.5, 0.6) is 0 Å². The van der Waals surface area contributed by atoms with Gasteiger partial charge in [-0.1, -0.05) is 24.3 Å². The summed E-state index contributed by atoms with van der Waals surface area (Å²) in [6.45, 7) is 0.306. The third kappa shape index (κ3) is 3.63. The Morgan fingerprint density at radius 3 is 2.45 bits per heavy atom. The molecule has 2 aromatic carbocycles. The van der Waals surface area contributed by atoms with E-state index >= 15 is 0 Å². The van der Waals surface area contributed by atoms with Crippen LogP contribution in [-0.2, 0) is 23.1 Å². The van der Waals surface area contributed by atoms with E-state index < -0.39 is 15.8 Å². The summed E-state index contributed by atoms with van der Waals surface area (Å²) >= 11 is 0. The molecule has 0 aliphatic rings. The predicted octanol–water partition coefficient (Wildman–Crippen LogP) is 1.76. The number of benzene rings is 2. The van der Waals surface area contributed by atoms with Crippen LogP contribution in [0.25, 0.3) is 0 Å². The van der Waals surface area contributed by atoms with E-state index in [0.29, 0.717) is 5.56 Å². The molecule has 0 atom stereocenters. The number of nitrogens with one attached hydrogen (secondary N) is 1. The standard InChI is InChI=1S/C14H15FN2O2S/c15-13-5-1-4-12(7-13)10-17-20(18,19)14-6-2-3-11(8-14)9-16/h1-8,17H,9-10,16H2. The largest absolute Gasteiger partial charge is 0.326 e. The molecule has 0 radical (unpaired) electrons. The van der Waals surface area contributed by atoms with E-state index in [0.717, 1.165) is 5.56 Å². The van der Waals surface area contributed by atoms with Crippen molar-refractivity contribution in [3.8, 4) is 0 Å². The highest BCUT2D eigenvalue weighted by Gasteiger charge is 2.13. The first kappa shape index (κ1) is 14.6. The number of halogens is 1. The SMILES string of the molecule is NCc1cccc(S(=O)(=O)NCc2cccc(F)c2)c1. The third-order valence-corrected chi connectivity index (χ3v) is 4.20. The predicted molar refractivity (Wildman–Crippen MR) is 74.8 cm³/mol. The number of nitrogens with two attached hydrogens (primary N) is 1. The van der Waals surface area contributed by atoms with E-state index in [1.165, 1.54) is 30.3 Å². The summed E-state index contributed by atoms with van der Waals surface area (Å²) in [6, 6.07) is 12.2. The first-order valence-electron chi connectivity index (χ1n) is 6.04. The molecule has 0 aliphatic heterocycles. The molecule has 0 spiro atoms. The summed E-state index contributed by atoms with van der Waals surface area (Å²) in [6.07, 6.45) is 0. The molecule has 0 fully saturated rings. The van der Waals surface area contributed by atoms with Crippen molar-refractivity contribution in [3.05, 3.63) is 65.5 Å². The van der Waals surface area contributed by atoms with Gasteiger partial charge in [-0.25, -0.2) is 17.5 Å². The van der Waals surface area contributed by atoms with Crippen LogP contribution in [0, 0.1) is 5.82 Å². The van der Waals surface area contributed by atoms with E-state index in [4.69, 9.17) is 5.73 Å². The molecular formula is C14H15FN2O2S. The van der Waals surface area contributed by atoms with Gasteiger partial charge in [0.15, 0.2) is 0 Å². The van der Waals surface area contributed by atoms with Gasteiger partial charge in [0.25, 0.3) is 0 Å². The van der Waals surface area contributed by atoms with Crippen LogP contribution < -0.4 is 10.5 Å². The van der Waals surface area contributed by atoms with Crippen molar-refractivity contribution in [3.63, 3.8) is 0 Å². The summed E-state index contributed by atoms with van der Waals surface area (Å²) in [5.74, 6) is -0.396. The van der Waals surface area contributed by atoms with Crippen molar-refractivity contribution in [1.29, 1.82) is 0 Å². The zero-order chi connectivity index (χ0) is 14.6. The molecule has 0 bridgehead atoms. The molecule has 3 N–H and O–H groups in total. The second-order valence-electron chi connectivity index (χ2n) is 4.31. The molecule has 0 saturated heterocycles. The van der Waals surface area contributed by atoms with Crippen LogP contribution in [-0.4, -0.2) is 8.42 Å². The van der Waals surface area contributed by atoms with Gasteiger partial charge in [-0.15, -0.1) is 0 Å². The Morgan fingerprint density at radius 2 is 1.75 bits per heavy atom. The van der Waals surface area contributed by atoms with Gasteiger partial charge in [0.1, 0.15) is 5.82 Å². The van der Waals surface area contributed by atoms with Crippen molar-refractivity contribution in [2.75, 3.05) is 0 Å². The minimum Gasteiger partial charge on any atom is -0.326 e. The summed E-state index contributed by atoms with van der Waals surface area (Å²) in [5.41, 5.74) is 6.78. The van der Waals surface area contributed by atoms with E-state index in [2.05, 4.69) is 4.72 Å². The Morgan fingerprint density at radius 1 is 1.05 bits per heavy atom. The summed E-state index contributed by atoms with van der Waals surface area (Å²) in [5, 5.41) is 0. The van der Waals surface area contributed by atoms with E-state index in [1.54, 1.807) is 18.2 Å². The van der Waals surface area contributed by atoms with Crippen molar-refractivity contribution < 1.29 is 12.8 Å². The Hall–Kier alpha value is -1.76. The molecule has 2 aromatic rings. The highest BCUT2D eigenvalue weighted by molar-refractivity contribution is 7.89. The maximum Gasteiger partial charge on any atom is 0.240 e. The number of sulfonamides is 1. The van der Waals surface area contributed by atoms with Crippen molar-refractivity contribution in [1.82, 2.24) is 4.72 Å². The zero-order valence-electron chi connectivity index (χ0n) is 10.7. The van der Waals surface area contributed by atoms with Crippen LogP contribution in [0.4, 0.5) is 4.39 Å². The molecule has 0 heterocycles. The van der Waals surface area contributed by atoms with Crippen molar-refractivity contribution in [2.45, 2.75) is 18.0 Å². The molecule has 0 amide bonds. The normalized spacial score (nSPS) is 11.5. The summed E-state index contributed by atoms with van der Waals surface area (Å²) in [4.78, 5) is 0.150. The molecule has 2 rings (SSSR count).